The fourth-order valence-corrected chi connectivity index (χ4v) is 2.05. The molecule has 0 saturated heterocycles. The van der Waals surface area contributed by atoms with Crippen LogP contribution >= 0.6 is 0 Å². The molecule has 0 bridgehead atoms. The molecule has 4 heteroatoms. The zero-order valence-electron chi connectivity index (χ0n) is 10.8. The van der Waals surface area contributed by atoms with Gasteiger partial charge in [0.1, 0.15) is 5.69 Å². The van der Waals surface area contributed by atoms with Gasteiger partial charge in [0.25, 0.3) is 0 Å². The lowest BCUT2D eigenvalue weighted by molar-refractivity contribution is 0.387. The highest BCUT2D eigenvalue weighted by molar-refractivity contribution is 5.36. The van der Waals surface area contributed by atoms with E-state index in [1.807, 2.05) is 0 Å². The van der Waals surface area contributed by atoms with Gasteiger partial charge in [-0.1, -0.05) is 29.3 Å². The maximum Gasteiger partial charge on any atom is 0.237 e. The summed E-state index contributed by atoms with van der Waals surface area (Å²) in [7, 11) is 1.57. The number of hydrogen-bond donors (Lipinski definition) is 1. The summed E-state index contributed by atoms with van der Waals surface area (Å²) < 4.78 is 5.19. The molecular formula is C14H17N3O. The minimum Gasteiger partial charge on any atom is -0.480 e. The maximum atomic E-state index is 6.25. The van der Waals surface area contributed by atoms with E-state index < -0.39 is 0 Å². The van der Waals surface area contributed by atoms with Gasteiger partial charge in [0, 0.05) is 12.4 Å². The SMILES string of the molecule is COc1nccnc1C(N)c1cc(C)cc(C)c1. The van der Waals surface area contributed by atoms with Gasteiger partial charge < -0.3 is 10.5 Å². The summed E-state index contributed by atoms with van der Waals surface area (Å²) in [5.74, 6) is 0.476. The Morgan fingerprint density at radius 3 is 2.28 bits per heavy atom. The fraction of sp³-hybridized carbons (Fsp3) is 0.286. The summed E-state index contributed by atoms with van der Waals surface area (Å²) in [5.41, 5.74) is 10.3. The van der Waals surface area contributed by atoms with Crippen LogP contribution in [0.4, 0.5) is 0 Å². The molecular weight excluding hydrogens is 226 g/mol. The standard InChI is InChI=1S/C14H17N3O/c1-9-6-10(2)8-11(7-9)12(15)13-14(18-3)17-5-4-16-13/h4-8,12H,15H2,1-3H3. The summed E-state index contributed by atoms with van der Waals surface area (Å²) in [6, 6.07) is 5.91. The zero-order valence-corrected chi connectivity index (χ0v) is 10.8. The molecule has 0 aliphatic heterocycles. The normalized spacial score (nSPS) is 12.2. The van der Waals surface area contributed by atoms with Gasteiger partial charge in [-0.15, -0.1) is 0 Å². The number of ether oxygens (including phenoxy) is 1. The Hall–Kier alpha value is -1.94. The molecule has 1 aromatic heterocycles. The first-order chi connectivity index (χ1) is 8.61. The lowest BCUT2D eigenvalue weighted by Gasteiger charge is -2.15. The van der Waals surface area contributed by atoms with Crippen LogP contribution in [0, 0.1) is 13.8 Å². The van der Waals surface area contributed by atoms with Crippen LogP contribution in [0.2, 0.25) is 0 Å². The number of aromatic nitrogens is 2. The first-order valence-electron chi connectivity index (χ1n) is 5.80. The van der Waals surface area contributed by atoms with Crippen molar-refractivity contribution in [3.63, 3.8) is 0 Å². The predicted octanol–water partition coefficient (Wildman–Crippen LogP) is 2.15. The van der Waals surface area contributed by atoms with Crippen LogP contribution in [0.1, 0.15) is 28.4 Å². The Labute approximate surface area is 107 Å². The molecule has 0 aliphatic carbocycles. The van der Waals surface area contributed by atoms with Crippen LogP contribution in [0.5, 0.6) is 5.88 Å². The van der Waals surface area contributed by atoms with Crippen LogP contribution < -0.4 is 10.5 Å². The molecule has 0 radical (unpaired) electrons. The molecule has 2 rings (SSSR count). The second-order valence-corrected chi connectivity index (χ2v) is 4.35. The van der Waals surface area contributed by atoms with Crippen LogP contribution in [-0.4, -0.2) is 17.1 Å². The minimum absolute atomic E-state index is 0.327. The number of hydrogen-bond acceptors (Lipinski definition) is 4. The van der Waals surface area contributed by atoms with Gasteiger partial charge in [0.2, 0.25) is 5.88 Å². The van der Waals surface area contributed by atoms with Crippen molar-refractivity contribution in [1.29, 1.82) is 0 Å². The molecule has 1 atom stereocenters. The Kier molecular flexibility index (Phi) is 3.58. The second-order valence-electron chi connectivity index (χ2n) is 4.35. The molecule has 2 aromatic rings. The molecule has 0 spiro atoms. The van der Waals surface area contributed by atoms with Crippen molar-refractivity contribution >= 4 is 0 Å². The lowest BCUT2D eigenvalue weighted by atomic mass is 10.00. The largest absolute Gasteiger partial charge is 0.480 e. The molecule has 0 fully saturated rings. The quantitative estimate of drug-likeness (QED) is 0.897. The van der Waals surface area contributed by atoms with Crippen molar-refractivity contribution < 1.29 is 4.74 Å². The van der Waals surface area contributed by atoms with E-state index in [9.17, 15) is 0 Å². The van der Waals surface area contributed by atoms with Gasteiger partial charge in [0.15, 0.2) is 0 Å². The van der Waals surface area contributed by atoms with Crippen molar-refractivity contribution in [3.8, 4) is 5.88 Å². The molecule has 0 saturated carbocycles. The number of nitrogens with two attached hydrogens (primary N) is 1. The van der Waals surface area contributed by atoms with Crippen LogP contribution in [0.25, 0.3) is 0 Å². The van der Waals surface area contributed by atoms with E-state index in [1.54, 1.807) is 19.5 Å². The van der Waals surface area contributed by atoms with Crippen molar-refractivity contribution in [2.24, 2.45) is 5.73 Å². The number of nitrogens with zero attached hydrogens (tertiary/aromatic N) is 2. The summed E-state index contributed by atoms with van der Waals surface area (Å²) in [6.45, 7) is 4.11. The number of benzene rings is 1. The third-order valence-electron chi connectivity index (χ3n) is 2.78. The third kappa shape index (κ3) is 2.49. The van der Waals surface area contributed by atoms with Gasteiger partial charge in [-0.25, -0.2) is 4.98 Å². The highest BCUT2D eigenvalue weighted by Crippen LogP contribution is 2.25. The first-order valence-corrected chi connectivity index (χ1v) is 5.80. The number of methoxy groups -OCH3 is 1. The Morgan fingerprint density at radius 2 is 1.67 bits per heavy atom. The monoisotopic (exact) mass is 243 g/mol. The molecule has 4 nitrogen and oxygen atoms in total. The summed E-state index contributed by atoms with van der Waals surface area (Å²) in [4.78, 5) is 8.40. The Balaban J connectivity index is 2.44. The van der Waals surface area contributed by atoms with Gasteiger partial charge >= 0.3 is 0 Å². The van der Waals surface area contributed by atoms with Crippen molar-refractivity contribution in [2.75, 3.05) is 7.11 Å². The van der Waals surface area contributed by atoms with E-state index in [4.69, 9.17) is 10.5 Å². The minimum atomic E-state index is -0.327. The van der Waals surface area contributed by atoms with Crippen LogP contribution in [-0.2, 0) is 0 Å². The summed E-state index contributed by atoms with van der Waals surface area (Å²) in [6.07, 6.45) is 3.22. The molecule has 18 heavy (non-hydrogen) atoms. The van der Waals surface area contributed by atoms with Gasteiger partial charge in [0.05, 0.1) is 13.2 Å². The van der Waals surface area contributed by atoms with Gasteiger partial charge in [-0.3, -0.25) is 4.98 Å². The molecule has 1 unspecified atom stereocenters. The predicted molar refractivity (Wildman–Crippen MR) is 70.5 cm³/mol. The molecule has 2 N–H and O–H groups in total. The highest BCUT2D eigenvalue weighted by Gasteiger charge is 2.16. The zero-order chi connectivity index (χ0) is 13.1. The lowest BCUT2D eigenvalue weighted by Crippen LogP contribution is -2.15. The van der Waals surface area contributed by atoms with E-state index in [0.717, 1.165) is 5.56 Å². The average Bonchev–Trinajstić information content (AvgIpc) is 2.36. The van der Waals surface area contributed by atoms with E-state index >= 15 is 0 Å². The Morgan fingerprint density at radius 1 is 1.06 bits per heavy atom. The van der Waals surface area contributed by atoms with Crippen LogP contribution in [0.3, 0.4) is 0 Å². The summed E-state index contributed by atoms with van der Waals surface area (Å²) in [5, 5.41) is 0. The van der Waals surface area contributed by atoms with Crippen molar-refractivity contribution in [2.45, 2.75) is 19.9 Å². The van der Waals surface area contributed by atoms with Gasteiger partial charge in [-0.05, 0) is 19.4 Å². The first kappa shape index (κ1) is 12.5. The van der Waals surface area contributed by atoms with Crippen LogP contribution in [0.15, 0.2) is 30.6 Å². The van der Waals surface area contributed by atoms with Crippen molar-refractivity contribution in [1.82, 2.24) is 9.97 Å². The molecule has 0 aliphatic rings. The summed E-state index contributed by atoms with van der Waals surface area (Å²) >= 11 is 0. The van der Waals surface area contributed by atoms with E-state index in [1.165, 1.54) is 11.1 Å². The molecule has 1 aromatic carbocycles. The van der Waals surface area contributed by atoms with Crippen molar-refractivity contribution in [3.05, 3.63) is 53.0 Å². The topological polar surface area (TPSA) is 61.0 Å². The fourth-order valence-electron chi connectivity index (χ4n) is 2.05. The second kappa shape index (κ2) is 5.14. The maximum absolute atomic E-state index is 6.25. The molecule has 1 heterocycles. The van der Waals surface area contributed by atoms with E-state index in [2.05, 4.69) is 42.0 Å². The van der Waals surface area contributed by atoms with E-state index in [0.29, 0.717) is 11.6 Å². The molecule has 94 valence electrons. The van der Waals surface area contributed by atoms with E-state index in [-0.39, 0.29) is 6.04 Å². The smallest absolute Gasteiger partial charge is 0.237 e. The average molecular weight is 243 g/mol. The van der Waals surface area contributed by atoms with Gasteiger partial charge in [-0.2, -0.15) is 0 Å². The molecule has 0 amide bonds. The third-order valence-corrected chi connectivity index (χ3v) is 2.78. The highest BCUT2D eigenvalue weighted by atomic mass is 16.5. The number of aryl methyl sites for hydroxylation is 2. The number of rotatable bonds is 3. The Bertz CT molecular complexity index is 534.